The molecule has 2 aliphatic rings. The number of fused-ring (bicyclic) bond motifs is 4. The molecule has 1 atom stereocenters. The molecule has 3 aromatic rings. The molecule has 31 heavy (non-hydrogen) atoms. The molecule has 6 heteroatoms. The fourth-order valence-corrected chi connectivity index (χ4v) is 4.91. The third-order valence-corrected chi connectivity index (χ3v) is 6.59. The first-order valence-corrected chi connectivity index (χ1v) is 10.7. The molecule has 160 valence electrons. The van der Waals surface area contributed by atoms with Gasteiger partial charge in [0.2, 0.25) is 0 Å². The number of hydrogen-bond acceptors (Lipinski definition) is 6. The highest BCUT2D eigenvalue weighted by Crippen LogP contribution is 2.40. The summed E-state index contributed by atoms with van der Waals surface area (Å²) < 4.78 is 16.6. The third kappa shape index (κ3) is 3.41. The molecule has 0 radical (unpaired) electrons. The molecule has 1 aliphatic heterocycles. The SMILES string of the molecule is COC(=O)Cc1c(C)c2ccc3c(c2oc1=O)CN([C@H]1CCCc2ccccc21)CO3. The Morgan fingerprint density at radius 2 is 2.06 bits per heavy atom. The van der Waals surface area contributed by atoms with E-state index in [1.807, 2.05) is 19.1 Å². The van der Waals surface area contributed by atoms with Gasteiger partial charge in [0, 0.05) is 18.0 Å². The van der Waals surface area contributed by atoms with Crippen LogP contribution in [0.1, 0.15) is 46.7 Å². The smallest absolute Gasteiger partial charge is 0.340 e. The molecule has 2 aromatic carbocycles. The van der Waals surface area contributed by atoms with Crippen molar-refractivity contribution >= 4 is 16.9 Å². The highest BCUT2D eigenvalue weighted by atomic mass is 16.5. The second kappa shape index (κ2) is 7.85. The van der Waals surface area contributed by atoms with Gasteiger partial charge in [0.1, 0.15) is 18.1 Å². The van der Waals surface area contributed by atoms with Crippen molar-refractivity contribution in [3.05, 3.63) is 74.6 Å². The van der Waals surface area contributed by atoms with E-state index in [0.717, 1.165) is 41.5 Å². The minimum Gasteiger partial charge on any atom is -0.478 e. The van der Waals surface area contributed by atoms with Crippen LogP contribution in [-0.2, 0) is 28.9 Å². The Kier molecular flexibility index (Phi) is 5.02. The summed E-state index contributed by atoms with van der Waals surface area (Å²) in [4.78, 5) is 26.8. The first-order chi connectivity index (χ1) is 15.1. The highest BCUT2D eigenvalue weighted by Gasteiger charge is 2.31. The molecule has 0 amide bonds. The number of carbonyl (C=O) groups is 1. The normalized spacial score (nSPS) is 18.2. The van der Waals surface area contributed by atoms with Crippen LogP contribution in [0, 0.1) is 6.92 Å². The van der Waals surface area contributed by atoms with Gasteiger partial charge in [-0.1, -0.05) is 24.3 Å². The summed E-state index contributed by atoms with van der Waals surface area (Å²) in [5, 5.41) is 0.826. The molecule has 0 unspecified atom stereocenters. The monoisotopic (exact) mass is 419 g/mol. The van der Waals surface area contributed by atoms with E-state index < -0.39 is 11.6 Å². The highest BCUT2D eigenvalue weighted by molar-refractivity contribution is 5.87. The summed E-state index contributed by atoms with van der Waals surface area (Å²) in [6.45, 7) is 2.99. The van der Waals surface area contributed by atoms with Gasteiger partial charge in [-0.15, -0.1) is 0 Å². The third-order valence-electron chi connectivity index (χ3n) is 6.59. The molecule has 1 aromatic heterocycles. The van der Waals surface area contributed by atoms with Gasteiger partial charge in [0.15, 0.2) is 0 Å². The van der Waals surface area contributed by atoms with Crippen molar-refractivity contribution in [1.82, 2.24) is 4.90 Å². The van der Waals surface area contributed by atoms with E-state index in [9.17, 15) is 9.59 Å². The van der Waals surface area contributed by atoms with Gasteiger partial charge >= 0.3 is 11.6 Å². The molecule has 0 N–H and O–H groups in total. The van der Waals surface area contributed by atoms with E-state index in [0.29, 0.717) is 24.4 Å². The minimum atomic E-state index is -0.496. The van der Waals surface area contributed by atoms with E-state index in [1.165, 1.54) is 18.2 Å². The van der Waals surface area contributed by atoms with Crippen LogP contribution in [0.15, 0.2) is 45.6 Å². The van der Waals surface area contributed by atoms with Crippen LogP contribution < -0.4 is 10.4 Å². The summed E-state index contributed by atoms with van der Waals surface area (Å²) >= 11 is 0. The predicted molar refractivity (Wildman–Crippen MR) is 116 cm³/mol. The van der Waals surface area contributed by atoms with Gasteiger partial charge in [-0.3, -0.25) is 9.69 Å². The number of ether oxygens (including phenoxy) is 2. The average molecular weight is 419 g/mol. The number of rotatable bonds is 3. The summed E-state index contributed by atoms with van der Waals surface area (Å²) in [5.74, 6) is 0.286. The number of esters is 1. The summed E-state index contributed by atoms with van der Waals surface area (Å²) in [5.41, 5.74) is 4.79. The number of methoxy groups -OCH3 is 1. The standard InChI is InChI=1S/C25H25NO5/c1-15-17-10-11-22-20(24(17)31-25(28)19(15)12-23(27)29-2)13-26(14-30-22)21-9-5-7-16-6-3-4-8-18(16)21/h3-4,6,8,10-11,21H,5,7,9,12-14H2,1-2H3/t21-/m0/s1. The number of aryl methyl sites for hydroxylation is 2. The van der Waals surface area contributed by atoms with Crippen LogP contribution in [0.25, 0.3) is 11.0 Å². The Bertz CT molecular complexity index is 1230. The zero-order chi connectivity index (χ0) is 21.5. The average Bonchev–Trinajstić information content (AvgIpc) is 2.80. The lowest BCUT2D eigenvalue weighted by molar-refractivity contribution is -0.139. The van der Waals surface area contributed by atoms with Crippen LogP contribution in [0.4, 0.5) is 0 Å². The maximum atomic E-state index is 12.7. The van der Waals surface area contributed by atoms with Crippen molar-refractivity contribution in [3.8, 4) is 5.75 Å². The largest absolute Gasteiger partial charge is 0.478 e. The summed E-state index contributed by atoms with van der Waals surface area (Å²) in [6.07, 6.45) is 3.23. The van der Waals surface area contributed by atoms with Gasteiger partial charge in [-0.25, -0.2) is 4.79 Å². The van der Waals surface area contributed by atoms with Crippen molar-refractivity contribution in [2.45, 2.75) is 45.2 Å². The zero-order valence-electron chi connectivity index (χ0n) is 17.8. The first kappa shape index (κ1) is 19.8. The number of carbonyl (C=O) groups excluding carboxylic acids is 1. The first-order valence-electron chi connectivity index (χ1n) is 10.7. The van der Waals surface area contributed by atoms with Crippen LogP contribution in [0.5, 0.6) is 5.75 Å². The molecule has 6 nitrogen and oxygen atoms in total. The molecule has 0 spiro atoms. The number of hydrogen-bond donors (Lipinski definition) is 0. The zero-order valence-corrected chi connectivity index (χ0v) is 17.8. The lowest BCUT2D eigenvalue weighted by Gasteiger charge is -2.38. The Morgan fingerprint density at radius 3 is 2.90 bits per heavy atom. The maximum Gasteiger partial charge on any atom is 0.340 e. The molecule has 5 rings (SSSR count). The van der Waals surface area contributed by atoms with Crippen molar-refractivity contribution in [1.29, 1.82) is 0 Å². The predicted octanol–water partition coefficient (Wildman–Crippen LogP) is 4.05. The van der Waals surface area contributed by atoms with E-state index in [4.69, 9.17) is 13.9 Å². The van der Waals surface area contributed by atoms with Gasteiger partial charge in [0.25, 0.3) is 0 Å². The van der Waals surface area contributed by atoms with Crippen LogP contribution in [0.2, 0.25) is 0 Å². The molecule has 0 fully saturated rings. The Morgan fingerprint density at radius 1 is 1.23 bits per heavy atom. The van der Waals surface area contributed by atoms with Gasteiger partial charge in [0.05, 0.1) is 24.7 Å². The molecule has 0 saturated heterocycles. The van der Waals surface area contributed by atoms with Crippen LogP contribution in [-0.4, -0.2) is 24.7 Å². The van der Waals surface area contributed by atoms with Gasteiger partial charge < -0.3 is 13.9 Å². The van der Waals surface area contributed by atoms with Crippen molar-refractivity contribution in [3.63, 3.8) is 0 Å². The molecule has 0 saturated carbocycles. The molecule has 2 heterocycles. The minimum absolute atomic E-state index is 0.0980. The van der Waals surface area contributed by atoms with Crippen molar-refractivity contribution in [2.75, 3.05) is 13.8 Å². The van der Waals surface area contributed by atoms with Gasteiger partial charge in [-0.05, 0) is 55.0 Å². The Balaban J connectivity index is 1.55. The molecular weight excluding hydrogens is 394 g/mol. The fourth-order valence-electron chi connectivity index (χ4n) is 4.91. The molecule has 1 aliphatic carbocycles. The van der Waals surface area contributed by atoms with Crippen molar-refractivity contribution < 1.29 is 18.7 Å². The number of nitrogens with zero attached hydrogens (tertiary/aromatic N) is 1. The fraction of sp³-hybridized carbons (Fsp3) is 0.360. The van der Waals surface area contributed by atoms with Crippen LogP contribution >= 0.6 is 0 Å². The summed E-state index contributed by atoms with van der Waals surface area (Å²) in [7, 11) is 1.31. The second-order valence-corrected chi connectivity index (χ2v) is 8.29. The molecule has 0 bridgehead atoms. The van der Waals surface area contributed by atoms with E-state index in [-0.39, 0.29) is 12.5 Å². The number of benzene rings is 2. The Labute approximate surface area is 180 Å². The van der Waals surface area contributed by atoms with Crippen LogP contribution in [0.3, 0.4) is 0 Å². The lowest BCUT2D eigenvalue weighted by atomic mass is 9.86. The quantitative estimate of drug-likeness (QED) is 0.471. The molecular formula is C25H25NO5. The van der Waals surface area contributed by atoms with E-state index in [2.05, 4.69) is 29.2 Å². The van der Waals surface area contributed by atoms with E-state index in [1.54, 1.807) is 0 Å². The Hall–Kier alpha value is -3.12. The van der Waals surface area contributed by atoms with Gasteiger partial charge in [-0.2, -0.15) is 0 Å². The van der Waals surface area contributed by atoms with Crippen molar-refractivity contribution in [2.24, 2.45) is 0 Å². The topological polar surface area (TPSA) is 69.0 Å². The maximum absolute atomic E-state index is 12.7. The lowest BCUT2D eigenvalue weighted by Crippen LogP contribution is -2.37. The van der Waals surface area contributed by atoms with E-state index >= 15 is 0 Å². The second-order valence-electron chi connectivity index (χ2n) is 8.29. The summed E-state index contributed by atoms with van der Waals surface area (Å²) in [6, 6.07) is 12.7.